The highest BCUT2D eigenvalue weighted by Gasteiger charge is 2.38. The molecule has 218 valence electrons. The first-order chi connectivity index (χ1) is 19.1. The number of carboxylic acid groups (broad SMARTS) is 2. The first-order valence-corrected chi connectivity index (χ1v) is 11.1. The number of nitrogens with zero attached hydrogens (tertiary/aromatic N) is 2. The summed E-state index contributed by atoms with van der Waals surface area (Å²) >= 11 is 0. The Morgan fingerprint density at radius 3 is 1.98 bits per heavy atom. The number of carboxylic acids is 2. The van der Waals surface area contributed by atoms with Gasteiger partial charge in [-0.1, -0.05) is 36.4 Å². The summed E-state index contributed by atoms with van der Waals surface area (Å²) < 4.78 is 63.5. The molecule has 0 aliphatic rings. The Labute approximate surface area is 226 Å². The number of hydrogen-bond acceptors (Lipinski definition) is 6. The van der Waals surface area contributed by atoms with E-state index in [0.717, 1.165) is 27.6 Å². The van der Waals surface area contributed by atoms with Gasteiger partial charge in [0, 0.05) is 29.9 Å². The van der Waals surface area contributed by atoms with Crippen molar-refractivity contribution in [3.05, 3.63) is 84.3 Å². The second-order valence-electron chi connectivity index (χ2n) is 7.88. The number of aromatic nitrogens is 3. The summed E-state index contributed by atoms with van der Waals surface area (Å²) in [6, 6.07) is 16.9. The Balaban J connectivity index is 0.000000349. The van der Waals surface area contributed by atoms with Crippen LogP contribution >= 0.6 is 0 Å². The maximum absolute atomic E-state index is 12.5. The average molecular weight is 586 g/mol. The molecule has 1 amide bonds. The minimum atomic E-state index is -5.08. The van der Waals surface area contributed by atoms with Gasteiger partial charge in [0.15, 0.2) is 0 Å². The molecule has 41 heavy (non-hydrogen) atoms. The molecule has 5 N–H and O–H groups in total. The molecule has 10 nitrogen and oxygen atoms in total. The number of pyridine rings is 1. The third-order valence-corrected chi connectivity index (χ3v) is 4.90. The molecule has 0 aliphatic heterocycles. The first kappa shape index (κ1) is 32.2. The molecule has 2 heterocycles. The van der Waals surface area contributed by atoms with E-state index in [-0.39, 0.29) is 12.5 Å². The van der Waals surface area contributed by atoms with E-state index < -0.39 is 30.4 Å². The predicted octanol–water partition coefficient (Wildman–Crippen LogP) is 4.35. The summed E-state index contributed by atoms with van der Waals surface area (Å²) in [5.74, 6) is -5.79. The fourth-order valence-corrected chi connectivity index (χ4v) is 2.93. The second kappa shape index (κ2) is 13.9. The number of H-pyrrole nitrogens is 1. The van der Waals surface area contributed by atoms with Gasteiger partial charge in [-0.05, 0) is 29.3 Å². The number of benzene rings is 2. The number of halogens is 6. The molecule has 0 fully saturated rings. The number of amides is 1. The van der Waals surface area contributed by atoms with Crippen molar-refractivity contribution in [2.45, 2.75) is 18.5 Å². The smallest absolute Gasteiger partial charge is 0.475 e. The van der Waals surface area contributed by atoms with Gasteiger partial charge in [-0.25, -0.2) is 9.59 Å². The van der Waals surface area contributed by atoms with Gasteiger partial charge in [0.2, 0.25) is 0 Å². The van der Waals surface area contributed by atoms with Crippen LogP contribution in [-0.4, -0.2) is 67.2 Å². The topological polar surface area (TPSA) is 165 Å². The SMILES string of the molecule is O=C(NC[C@@H](O)c1ccccc1)c1cncc(-c2ccc3[nH]ncc3c2)c1.O=C(O)C(F)(F)F.O=C(O)C(F)(F)F. The average Bonchev–Trinajstić information content (AvgIpc) is 3.40. The Bertz CT molecular complexity index is 1450. The van der Waals surface area contributed by atoms with E-state index in [1.54, 1.807) is 18.5 Å². The van der Waals surface area contributed by atoms with Crippen molar-refractivity contribution < 1.29 is 56.0 Å². The highest BCUT2D eigenvalue weighted by Crippen LogP contribution is 2.23. The molecule has 16 heteroatoms. The molecule has 0 bridgehead atoms. The molecular weight excluding hydrogens is 566 g/mol. The van der Waals surface area contributed by atoms with Crippen molar-refractivity contribution in [1.29, 1.82) is 0 Å². The molecule has 0 spiro atoms. The zero-order valence-corrected chi connectivity index (χ0v) is 20.4. The van der Waals surface area contributed by atoms with Crippen LogP contribution in [-0.2, 0) is 9.59 Å². The molecule has 2 aromatic carbocycles. The third-order valence-electron chi connectivity index (χ3n) is 4.90. The zero-order chi connectivity index (χ0) is 30.8. The summed E-state index contributed by atoms with van der Waals surface area (Å²) in [4.78, 5) is 34.4. The highest BCUT2D eigenvalue weighted by molar-refractivity contribution is 5.95. The number of carbonyl (C=O) groups is 3. The maximum atomic E-state index is 12.5. The normalized spacial score (nSPS) is 11.8. The van der Waals surface area contributed by atoms with E-state index in [2.05, 4.69) is 20.5 Å². The summed E-state index contributed by atoms with van der Waals surface area (Å²) in [7, 11) is 0. The van der Waals surface area contributed by atoms with Crippen LogP contribution in [0.4, 0.5) is 26.3 Å². The lowest BCUT2D eigenvalue weighted by atomic mass is 10.0. The Morgan fingerprint density at radius 2 is 1.41 bits per heavy atom. The fourth-order valence-electron chi connectivity index (χ4n) is 2.93. The van der Waals surface area contributed by atoms with Gasteiger partial charge in [-0.2, -0.15) is 31.4 Å². The van der Waals surface area contributed by atoms with Crippen molar-refractivity contribution in [3.63, 3.8) is 0 Å². The number of aliphatic hydroxyl groups is 1. The molecule has 4 rings (SSSR count). The molecule has 1 atom stereocenters. The van der Waals surface area contributed by atoms with Crippen molar-refractivity contribution in [3.8, 4) is 11.1 Å². The lowest BCUT2D eigenvalue weighted by Gasteiger charge is -2.12. The minimum Gasteiger partial charge on any atom is -0.475 e. The van der Waals surface area contributed by atoms with E-state index in [1.807, 2.05) is 48.5 Å². The van der Waals surface area contributed by atoms with Gasteiger partial charge < -0.3 is 20.6 Å². The number of aromatic amines is 1. The third kappa shape index (κ3) is 10.2. The minimum absolute atomic E-state index is 0.133. The molecule has 0 saturated carbocycles. The number of rotatable bonds is 5. The number of alkyl halides is 6. The fraction of sp³-hybridized carbons (Fsp3) is 0.160. The van der Waals surface area contributed by atoms with Crippen molar-refractivity contribution in [2.75, 3.05) is 6.54 Å². The molecule has 4 aromatic rings. The summed E-state index contributed by atoms with van der Waals surface area (Å²) in [5.41, 5.74) is 3.96. The van der Waals surface area contributed by atoms with Crippen LogP contribution in [0.5, 0.6) is 0 Å². The molecule has 0 aliphatic carbocycles. The number of fused-ring (bicyclic) bond motifs is 1. The van der Waals surface area contributed by atoms with E-state index >= 15 is 0 Å². The van der Waals surface area contributed by atoms with Crippen LogP contribution in [0, 0.1) is 0 Å². The second-order valence-corrected chi connectivity index (χ2v) is 7.88. The van der Waals surface area contributed by atoms with E-state index in [0.29, 0.717) is 5.56 Å². The summed E-state index contributed by atoms with van der Waals surface area (Å²) in [6.45, 7) is 0.133. The monoisotopic (exact) mass is 586 g/mol. The highest BCUT2D eigenvalue weighted by atomic mass is 19.4. The molecule has 0 radical (unpaired) electrons. The van der Waals surface area contributed by atoms with Gasteiger partial charge in [0.25, 0.3) is 5.91 Å². The largest absolute Gasteiger partial charge is 0.490 e. The Hall–Kier alpha value is -4.99. The first-order valence-electron chi connectivity index (χ1n) is 11.1. The van der Waals surface area contributed by atoms with Crippen molar-refractivity contribution in [2.24, 2.45) is 0 Å². The summed E-state index contributed by atoms with van der Waals surface area (Å²) in [6.07, 6.45) is -5.93. The number of nitrogens with one attached hydrogen (secondary N) is 2. The van der Waals surface area contributed by atoms with Gasteiger partial charge in [0.05, 0.1) is 23.4 Å². The van der Waals surface area contributed by atoms with Crippen LogP contribution in [0.1, 0.15) is 22.0 Å². The van der Waals surface area contributed by atoms with Crippen LogP contribution < -0.4 is 5.32 Å². The quantitative estimate of drug-likeness (QED) is 0.215. The lowest BCUT2D eigenvalue weighted by molar-refractivity contribution is -0.193. The van der Waals surface area contributed by atoms with Crippen LogP contribution in [0.3, 0.4) is 0 Å². The number of hydrogen-bond donors (Lipinski definition) is 5. The Morgan fingerprint density at radius 1 is 0.829 bits per heavy atom. The molecule has 0 unspecified atom stereocenters. The van der Waals surface area contributed by atoms with Crippen LogP contribution in [0.2, 0.25) is 0 Å². The molecule has 2 aromatic heterocycles. The standard InChI is InChI=1S/C21H18N4O2.2C2HF3O2/c26-20(14-4-2-1-3-5-14)13-23-21(27)18-9-16(10-22-11-18)15-6-7-19-17(8-15)12-24-25-19;2*3-2(4,5)1(6)7/h1-12,20,26H,13H2,(H,23,27)(H,24,25);2*(H,6,7)/t20-;;/m1../s1. The molecule has 0 saturated heterocycles. The van der Waals surface area contributed by atoms with Gasteiger partial charge in [0.1, 0.15) is 0 Å². The van der Waals surface area contributed by atoms with Crippen LogP contribution in [0.25, 0.3) is 22.0 Å². The van der Waals surface area contributed by atoms with E-state index in [4.69, 9.17) is 19.8 Å². The number of aliphatic carboxylic acids is 2. The van der Waals surface area contributed by atoms with Gasteiger partial charge in [-0.15, -0.1) is 0 Å². The number of aliphatic hydroxyl groups excluding tert-OH is 1. The van der Waals surface area contributed by atoms with E-state index in [1.165, 1.54) is 6.20 Å². The molecular formula is C25H20F6N4O6. The number of carbonyl (C=O) groups excluding carboxylic acids is 1. The van der Waals surface area contributed by atoms with Gasteiger partial charge >= 0.3 is 24.3 Å². The van der Waals surface area contributed by atoms with Crippen molar-refractivity contribution >= 4 is 28.7 Å². The zero-order valence-electron chi connectivity index (χ0n) is 20.4. The van der Waals surface area contributed by atoms with Gasteiger partial charge in [-0.3, -0.25) is 14.9 Å². The van der Waals surface area contributed by atoms with Crippen molar-refractivity contribution in [1.82, 2.24) is 20.5 Å². The summed E-state index contributed by atoms with van der Waals surface area (Å²) in [5, 5.41) is 35.1. The predicted molar refractivity (Wildman–Crippen MR) is 130 cm³/mol. The Kier molecular flexibility index (Phi) is 10.9. The lowest BCUT2D eigenvalue weighted by Crippen LogP contribution is -2.28. The maximum Gasteiger partial charge on any atom is 0.490 e. The van der Waals surface area contributed by atoms with Crippen LogP contribution in [0.15, 0.2) is 73.2 Å². The van der Waals surface area contributed by atoms with E-state index in [9.17, 15) is 36.2 Å².